The van der Waals surface area contributed by atoms with E-state index in [2.05, 4.69) is 19.1 Å². The molecular weight excluding hydrogens is 323 g/mol. The predicted molar refractivity (Wildman–Crippen MR) is 71.7 cm³/mol. The first-order chi connectivity index (χ1) is 10.1. The molecule has 0 unspecified atom stereocenters. The molecule has 2 heterocycles. The first-order valence-corrected chi connectivity index (χ1v) is 7.69. The molecule has 10 heteroatoms. The van der Waals surface area contributed by atoms with Crippen molar-refractivity contribution in [2.45, 2.75) is 32.2 Å². The lowest BCUT2D eigenvalue weighted by Gasteiger charge is -2.11. The summed E-state index contributed by atoms with van der Waals surface area (Å²) in [7, 11) is -5.74. The van der Waals surface area contributed by atoms with Crippen molar-refractivity contribution < 1.29 is 25.8 Å². The number of aryl methyl sites for hydroxylation is 2. The molecule has 0 fully saturated rings. The van der Waals surface area contributed by atoms with E-state index in [1.54, 1.807) is 0 Å². The predicted octanol–water partition coefficient (Wildman–Crippen LogP) is 2.51. The van der Waals surface area contributed by atoms with Crippen molar-refractivity contribution >= 4 is 21.2 Å². The van der Waals surface area contributed by atoms with Crippen LogP contribution in [0.1, 0.15) is 24.9 Å². The average molecular weight is 335 g/mol. The van der Waals surface area contributed by atoms with Crippen LogP contribution in [0.4, 0.5) is 13.2 Å². The average Bonchev–Trinajstić information content (AvgIpc) is 2.38. The minimum Gasteiger partial charge on any atom is -0.374 e. The molecule has 2 aromatic heterocycles. The number of aromatic nitrogens is 3. The lowest BCUT2D eigenvalue weighted by molar-refractivity contribution is -0.0500. The van der Waals surface area contributed by atoms with Crippen LogP contribution in [0.25, 0.3) is 11.0 Å². The van der Waals surface area contributed by atoms with Crippen molar-refractivity contribution in [1.82, 2.24) is 15.0 Å². The summed E-state index contributed by atoms with van der Waals surface area (Å²) in [5.41, 5.74) is -5.25. The molecule has 22 heavy (non-hydrogen) atoms. The Labute approximate surface area is 124 Å². The lowest BCUT2D eigenvalue weighted by atomic mass is 10.2. The van der Waals surface area contributed by atoms with Crippen LogP contribution in [0.15, 0.2) is 12.3 Å². The summed E-state index contributed by atoms with van der Waals surface area (Å²) in [6.45, 7) is 3.29. The van der Waals surface area contributed by atoms with Gasteiger partial charge in [0.25, 0.3) is 0 Å². The van der Waals surface area contributed by atoms with E-state index < -0.39 is 21.4 Å². The highest BCUT2D eigenvalue weighted by Gasteiger charge is 2.48. The van der Waals surface area contributed by atoms with Crippen LogP contribution in [0.5, 0.6) is 5.75 Å². The monoisotopic (exact) mass is 335 g/mol. The minimum absolute atomic E-state index is 0.0125. The van der Waals surface area contributed by atoms with Gasteiger partial charge in [-0.05, 0) is 19.4 Å². The standard InChI is InChI=1S/C12H12F3N3O3S/c1-3-4-10-16-6-8-5-9(7(2)17-11(8)18-10)21-22(19,20)12(13,14)15/h5-6H,3-4H2,1-2H3. The number of nitrogens with zero attached hydrogens (tertiary/aromatic N) is 3. The number of halogens is 3. The summed E-state index contributed by atoms with van der Waals surface area (Å²) in [5.74, 6) is 0.0511. The molecule has 0 N–H and O–H groups in total. The Hall–Kier alpha value is -1.97. The number of alkyl halides is 3. The first-order valence-electron chi connectivity index (χ1n) is 6.28. The number of rotatable bonds is 4. The zero-order valence-corrected chi connectivity index (χ0v) is 12.5. The minimum atomic E-state index is -5.74. The Morgan fingerprint density at radius 3 is 2.55 bits per heavy atom. The third kappa shape index (κ3) is 3.26. The molecule has 0 aromatic carbocycles. The maximum atomic E-state index is 12.3. The van der Waals surface area contributed by atoms with E-state index in [9.17, 15) is 21.6 Å². The van der Waals surface area contributed by atoms with Gasteiger partial charge >= 0.3 is 15.6 Å². The van der Waals surface area contributed by atoms with Gasteiger partial charge in [-0.2, -0.15) is 21.6 Å². The normalized spacial score (nSPS) is 12.6. The molecule has 0 bridgehead atoms. The van der Waals surface area contributed by atoms with E-state index in [1.807, 2.05) is 6.92 Å². The summed E-state index contributed by atoms with van der Waals surface area (Å²) in [4.78, 5) is 12.2. The van der Waals surface area contributed by atoms with Crippen LogP contribution in [0.3, 0.4) is 0 Å². The van der Waals surface area contributed by atoms with E-state index in [-0.39, 0.29) is 16.7 Å². The SMILES string of the molecule is CCCc1ncc2cc(OS(=O)(=O)C(F)(F)F)c(C)nc2n1. The molecule has 0 saturated carbocycles. The highest BCUT2D eigenvalue weighted by atomic mass is 32.2. The molecule has 0 radical (unpaired) electrons. The van der Waals surface area contributed by atoms with Gasteiger partial charge in [0.05, 0.1) is 5.69 Å². The highest BCUT2D eigenvalue weighted by molar-refractivity contribution is 7.88. The molecule has 120 valence electrons. The van der Waals surface area contributed by atoms with Crippen molar-refractivity contribution in [2.24, 2.45) is 0 Å². The second-order valence-electron chi connectivity index (χ2n) is 4.50. The van der Waals surface area contributed by atoms with Crippen molar-refractivity contribution in [2.75, 3.05) is 0 Å². The molecular formula is C12H12F3N3O3S. The highest BCUT2D eigenvalue weighted by Crippen LogP contribution is 2.29. The summed E-state index contributed by atoms with van der Waals surface area (Å²) >= 11 is 0. The molecule has 0 spiro atoms. The molecule has 2 rings (SSSR count). The molecule has 0 aliphatic rings. The second-order valence-corrected chi connectivity index (χ2v) is 6.04. The smallest absolute Gasteiger partial charge is 0.374 e. The van der Waals surface area contributed by atoms with Crippen molar-refractivity contribution in [1.29, 1.82) is 0 Å². The number of pyridine rings is 1. The summed E-state index contributed by atoms with van der Waals surface area (Å²) < 4.78 is 63.2. The van der Waals surface area contributed by atoms with Gasteiger partial charge in [-0.15, -0.1) is 0 Å². The first kappa shape index (κ1) is 16.4. The van der Waals surface area contributed by atoms with Crippen LogP contribution in [0.2, 0.25) is 0 Å². The number of hydrogen-bond acceptors (Lipinski definition) is 6. The molecule has 2 aromatic rings. The molecule has 0 amide bonds. The lowest BCUT2D eigenvalue weighted by Crippen LogP contribution is -2.28. The van der Waals surface area contributed by atoms with Gasteiger partial charge in [0.2, 0.25) is 0 Å². The Kier molecular flexibility index (Phi) is 4.23. The van der Waals surface area contributed by atoms with Gasteiger partial charge in [0.15, 0.2) is 11.4 Å². The van der Waals surface area contributed by atoms with Gasteiger partial charge < -0.3 is 4.18 Å². The topological polar surface area (TPSA) is 82.0 Å². The van der Waals surface area contributed by atoms with E-state index in [0.29, 0.717) is 12.2 Å². The molecule has 0 atom stereocenters. The Bertz CT molecular complexity index is 806. The quantitative estimate of drug-likeness (QED) is 0.631. The van der Waals surface area contributed by atoms with Crippen molar-refractivity contribution in [3.05, 3.63) is 23.8 Å². The van der Waals surface area contributed by atoms with Gasteiger partial charge in [-0.3, -0.25) is 0 Å². The van der Waals surface area contributed by atoms with Gasteiger partial charge in [0.1, 0.15) is 5.82 Å². The largest absolute Gasteiger partial charge is 0.534 e. The Morgan fingerprint density at radius 1 is 1.27 bits per heavy atom. The van der Waals surface area contributed by atoms with E-state index in [0.717, 1.165) is 12.5 Å². The van der Waals surface area contributed by atoms with Crippen LogP contribution in [-0.2, 0) is 16.5 Å². The van der Waals surface area contributed by atoms with Gasteiger partial charge in [-0.1, -0.05) is 6.92 Å². The van der Waals surface area contributed by atoms with E-state index in [1.165, 1.54) is 13.1 Å². The third-order valence-electron chi connectivity index (χ3n) is 2.72. The van der Waals surface area contributed by atoms with Crippen molar-refractivity contribution in [3.63, 3.8) is 0 Å². The fraction of sp³-hybridized carbons (Fsp3) is 0.417. The zero-order valence-electron chi connectivity index (χ0n) is 11.7. The third-order valence-corrected chi connectivity index (χ3v) is 3.69. The van der Waals surface area contributed by atoms with Crippen LogP contribution >= 0.6 is 0 Å². The zero-order chi connectivity index (χ0) is 16.5. The Balaban J connectivity index is 2.45. The maximum Gasteiger partial charge on any atom is 0.534 e. The summed E-state index contributed by atoms with van der Waals surface area (Å²) in [6.07, 6.45) is 2.83. The second kappa shape index (κ2) is 5.67. The summed E-state index contributed by atoms with van der Waals surface area (Å²) in [6, 6.07) is 1.12. The van der Waals surface area contributed by atoms with Crippen LogP contribution in [-0.4, -0.2) is 28.9 Å². The Morgan fingerprint density at radius 2 is 1.95 bits per heavy atom. The van der Waals surface area contributed by atoms with Crippen LogP contribution in [0, 0.1) is 6.92 Å². The van der Waals surface area contributed by atoms with Gasteiger partial charge in [0, 0.05) is 18.0 Å². The fourth-order valence-corrected chi connectivity index (χ4v) is 2.16. The number of hydrogen-bond donors (Lipinski definition) is 0. The van der Waals surface area contributed by atoms with Gasteiger partial charge in [-0.25, -0.2) is 15.0 Å². The molecule has 6 nitrogen and oxygen atoms in total. The molecule has 0 aliphatic heterocycles. The fourth-order valence-electron chi connectivity index (χ4n) is 1.66. The number of fused-ring (bicyclic) bond motifs is 1. The van der Waals surface area contributed by atoms with Crippen molar-refractivity contribution in [3.8, 4) is 5.75 Å². The summed E-state index contributed by atoms with van der Waals surface area (Å²) in [5, 5.41) is 0.290. The van der Waals surface area contributed by atoms with E-state index >= 15 is 0 Å². The molecule has 0 aliphatic carbocycles. The molecule has 0 saturated heterocycles. The van der Waals surface area contributed by atoms with Crippen LogP contribution < -0.4 is 4.18 Å². The maximum absolute atomic E-state index is 12.3. The van der Waals surface area contributed by atoms with E-state index in [4.69, 9.17) is 0 Å².